The van der Waals surface area contributed by atoms with Crippen LogP contribution in [0.5, 0.6) is 0 Å². The Balaban J connectivity index is 1.64. The average molecular weight is 914 g/mol. The second kappa shape index (κ2) is 26.5. The summed E-state index contributed by atoms with van der Waals surface area (Å²) in [7, 11) is 3.12. The first-order valence-corrected chi connectivity index (χ1v) is 24.6. The number of hydrogen-bond donors (Lipinski definition) is 3. The van der Waals surface area contributed by atoms with Gasteiger partial charge in [0.1, 0.15) is 24.4 Å². The van der Waals surface area contributed by atoms with Gasteiger partial charge in [-0.25, -0.2) is 4.79 Å². The van der Waals surface area contributed by atoms with E-state index in [0.717, 1.165) is 31.3 Å². The number of aliphatic hydroxyl groups excluding tert-OH is 2. The lowest BCUT2D eigenvalue weighted by molar-refractivity contribution is -0.263. The van der Waals surface area contributed by atoms with Crippen molar-refractivity contribution in [2.45, 2.75) is 187 Å². The number of methoxy groups -OCH3 is 2. The maximum atomic E-state index is 14.4. The molecule has 4 aliphatic rings. The van der Waals surface area contributed by atoms with Crippen LogP contribution in [0.3, 0.4) is 0 Å². The highest BCUT2D eigenvalue weighted by atomic mass is 16.6. The lowest BCUT2D eigenvalue weighted by atomic mass is 9.78. The summed E-state index contributed by atoms with van der Waals surface area (Å²) in [6.07, 6.45) is 17.3. The first-order chi connectivity index (χ1) is 30.9. The number of esters is 1. The molecule has 2 saturated heterocycles. The minimum absolute atomic E-state index is 0.0589. The van der Waals surface area contributed by atoms with Crippen LogP contribution >= 0.6 is 0 Å². The fourth-order valence-electron chi connectivity index (χ4n) is 10.4. The Labute approximate surface area is 389 Å². The van der Waals surface area contributed by atoms with E-state index in [1.807, 2.05) is 51.2 Å². The molecule has 3 fully saturated rings. The minimum atomic E-state index is -2.31. The third-order valence-corrected chi connectivity index (χ3v) is 14.5. The van der Waals surface area contributed by atoms with E-state index in [0.29, 0.717) is 69.8 Å². The fraction of sp³-hybridized carbons (Fsp3) is 0.769. The maximum absolute atomic E-state index is 14.4. The standard InChI is InChI=1S/C52H83NO12/c1-33-15-11-10-12-16-34(2)29-37(5)46(55)48(62-9)47(56)38(6)30-35(3)19-24-43(36(4)31-40-21-25-44(63-28-27-54)45(32-40)61-8)64-51(59)42-17-13-14-26-53(42)50(58)49(57)52(60)39(7)20-23-41(65-52)22-18-33/h10-12,15-16,30,34-37,39-45,47-48,54,56,60H,13-14,17-29,31-32H2,1-9H3/b11-10+,16-12+,33-15+,38-30+/t34-,35+,36-,37-,39-,40+,41-,42+,43+,44-,45-,47-,48+,52-/m1/s1. The van der Waals surface area contributed by atoms with Crippen molar-refractivity contribution in [2.24, 2.45) is 35.5 Å². The molecule has 14 atom stereocenters. The fourth-order valence-corrected chi connectivity index (χ4v) is 10.4. The number of piperidine rings is 1. The molecule has 1 saturated carbocycles. The van der Waals surface area contributed by atoms with Crippen LogP contribution in [0, 0.1) is 35.5 Å². The van der Waals surface area contributed by atoms with Gasteiger partial charge < -0.3 is 43.9 Å². The number of ketones is 2. The van der Waals surface area contributed by atoms with Gasteiger partial charge in [-0.2, -0.15) is 0 Å². The summed E-state index contributed by atoms with van der Waals surface area (Å²) < 4.78 is 29.9. The molecule has 368 valence electrons. The van der Waals surface area contributed by atoms with Gasteiger partial charge in [-0.15, -0.1) is 0 Å². The molecule has 0 aromatic heterocycles. The number of cyclic esters (lactones) is 1. The molecule has 0 aromatic carbocycles. The van der Waals surface area contributed by atoms with E-state index in [4.69, 9.17) is 23.7 Å². The molecule has 0 aromatic rings. The van der Waals surface area contributed by atoms with Crippen LogP contribution in [0.25, 0.3) is 0 Å². The quantitative estimate of drug-likeness (QED) is 0.125. The SMILES string of the molecule is CO[C@@H]1C[C@H](C[C@@H](C)[C@@H]2CC[C@H](C)/C=C(\C)[C@@H](O)[C@@H](OC)C(=O)[C@H](C)C[C@H](C)/C=C/C=C/C=C(\C)CC[C@@H]3CC[C@@H](C)[C@@](O)(O3)C(=O)C(=O)N3CCCC[C@H]3C(=O)O2)CC[C@H]1OCCO. The number of amides is 1. The molecule has 1 amide bonds. The van der Waals surface area contributed by atoms with Crippen LogP contribution in [0.2, 0.25) is 0 Å². The van der Waals surface area contributed by atoms with Crippen LogP contribution in [-0.4, -0.2) is 126 Å². The zero-order valence-corrected chi connectivity index (χ0v) is 41.0. The second-order valence-corrected chi connectivity index (χ2v) is 19.9. The molecule has 0 spiro atoms. The molecule has 13 heteroatoms. The van der Waals surface area contributed by atoms with Crippen molar-refractivity contribution < 1.29 is 58.2 Å². The third kappa shape index (κ3) is 15.5. The Hall–Kier alpha value is -3.04. The van der Waals surface area contributed by atoms with Crippen molar-refractivity contribution in [2.75, 3.05) is 34.0 Å². The third-order valence-electron chi connectivity index (χ3n) is 14.5. The summed E-state index contributed by atoms with van der Waals surface area (Å²) >= 11 is 0. The number of Topliss-reactive ketones (excluding diaryl/α,β-unsaturated/α-hetero) is 2. The number of carbonyl (C=O) groups is 4. The van der Waals surface area contributed by atoms with Gasteiger partial charge >= 0.3 is 5.97 Å². The van der Waals surface area contributed by atoms with Crippen LogP contribution < -0.4 is 0 Å². The van der Waals surface area contributed by atoms with Crippen LogP contribution in [0.4, 0.5) is 0 Å². The highest BCUT2D eigenvalue weighted by Gasteiger charge is 2.52. The number of ether oxygens (including phenoxy) is 5. The van der Waals surface area contributed by atoms with Crippen molar-refractivity contribution >= 4 is 23.4 Å². The molecule has 1 aliphatic carbocycles. The Morgan fingerprint density at radius 1 is 0.862 bits per heavy atom. The Kier molecular flexibility index (Phi) is 22.2. The molecular weight excluding hydrogens is 831 g/mol. The largest absolute Gasteiger partial charge is 0.461 e. The predicted molar refractivity (Wildman–Crippen MR) is 249 cm³/mol. The van der Waals surface area contributed by atoms with E-state index in [1.165, 1.54) is 12.0 Å². The van der Waals surface area contributed by atoms with Crippen molar-refractivity contribution in [1.82, 2.24) is 4.90 Å². The van der Waals surface area contributed by atoms with Gasteiger partial charge in [0.15, 0.2) is 5.78 Å². The Bertz CT molecular complexity index is 1670. The highest BCUT2D eigenvalue weighted by molar-refractivity contribution is 6.39. The average Bonchev–Trinajstić information content (AvgIpc) is 3.29. The number of fused-ring (bicyclic) bond motifs is 3. The zero-order valence-electron chi connectivity index (χ0n) is 41.0. The summed E-state index contributed by atoms with van der Waals surface area (Å²) in [5, 5.41) is 32.7. The van der Waals surface area contributed by atoms with Gasteiger partial charge in [0.2, 0.25) is 5.79 Å². The molecule has 4 rings (SSSR count). The van der Waals surface area contributed by atoms with E-state index in [1.54, 1.807) is 21.0 Å². The lowest BCUT2D eigenvalue weighted by Crippen LogP contribution is -2.60. The summed E-state index contributed by atoms with van der Waals surface area (Å²) in [6.45, 7) is 13.9. The Morgan fingerprint density at radius 3 is 2.32 bits per heavy atom. The van der Waals surface area contributed by atoms with E-state index < -0.39 is 59.8 Å². The summed E-state index contributed by atoms with van der Waals surface area (Å²) in [6, 6.07) is -1.000. The van der Waals surface area contributed by atoms with Crippen molar-refractivity contribution in [3.05, 3.63) is 47.6 Å². The van der Waals surface area contributed by atoms with Gasteiger partial charge in [0.25, 0.3) is 11.7 Å². The van der Waals surface area contributed by atoms with Gasteiger partial charge in [0.05, 0.1) is 31.5 Å². The lowest BCUT2D eigenvalue weighted by Gasteiger charge is -2.42. The van der Waals surface area contributed by atoms with Gasteiger partial charge in [-0.05, 0) is 133 Å². The van der Waals surface area contributed by atoms with Crippen molar-refractivity contribution in [3.63, 3.8) is 0 Å². The monoisotopic (exact) mass is 914 g/mol. The summed E-state index contributed by atoms with van der Waals surface area (Å²) in [5.74, 6) is -5.79. The molecule has 2 bridgehead atoms. The van der Waals surface area contributed by atoms with Gasteiger partial charge in [-0.1, -0.05) is 76.6 Å². The topological polar surface area (TPSA) is 178 Å². The molecule has 65 heavy (non-hydrogen) atoms. The molecule has 3 aliphatic heterocycles. The normalized spacial score (nSPS) is 39.2. The molecular formula is C52H83NO12. The second-order valence-electron chi connectivity index (χ2n) is 19.9. The van der Waals surface area contributed by atoms with E-state index in [2.05, 4.69) is 19.9 Å². The van der Waals surface area contributed by atoms with Crippen LogP contribution in [0.1, 0.15) is 138 Å². The number of aliphatic hydroxyl groups is 3. The zero-order chi connectivity index (χ0) is 47.8. The number of hydrogen-bond acceptors (Lipinski definition) is 12. The Morgan fingerprint density at radius 2 is 1.62 bits per heavy atom. The van der Waals surface area contributed by atoms with Crippen LogP contribution in [-0.2, 0) is 42.9 Å². The van der Waals surface area contributed by atoms with Crippen molar-refractivity contribution in [1.29, 1.82) is 0 Å². The first kappa shape index (κ1) is 54.6. The molecule has 3 heterocycles. The van der Waals surface area contributed by atoms with Crippen molar-refractivity contribution in [3.8, 4) is 0 Å². The van der Waals surface area contributed by atoms with E-state index in [-0.39, 0.29) is 67.3 Å². The summed E-state index contributed by atoms with van der Waals surface area (Å²) in [5.41, 5.74) is 1.70. The first-order valence-electron chi connectivity index (χ1n) is 24.6. The van der Waals surface area contributed by atoms with E-state index >= 15 is 0 Å². The van der Waals surface area contributed by atoms with E-state index in [9.17, 15) is 34.5 Å². The smallest absolute Gasteiger partial charge is 0.329 e. The molecule has 13 nitrogen and oxygen atoms in total. The maximum Gasteiger partial charge on any atom is 0.329 e. The molecule has 0 unspecified atom stereocenters. The number of nitrogens with zero attached hydrogens (tertiary/aromatic N) is 1. The number of allylic oxidation sites excluding steroid dienone is 7. The highest BCUT2D eigenvalue weighted by Crippen LogP contribution is 2.38. The van der Waals surface area contributed by atoms with Gasteiger partial charge in [0, 0.05) is 32.6 Å². The predicted octanol–water partition coefficient (Wildman–Crippen LogP) is 7.39. The van der Waals surface area contributed by atoms with Gasteiger partial charge in [-0.3, -0.25) is 14.4 Å². The number of rotatable bonds is 8. The van der Waals surface area contributed by atoms with Crippen LogP contribution in [0.15, 0.2) is 47.6 Å². The molecule has 0 radical (unpaired) electrons. The molecule has 3 N–H and O–H groups in total. The number of carbonyl (C=O) groups excluding carboxylic acids is 4. The summed E-state index contributed by atoms with van der Waals surface area (Å²) in [4.78, 5) is 57.7. The minimum Gasteiger partial charge on any atom is -0.461 e.